The maximum atomic E-state index is 13.0. The van der Waals surface area contributed by atoms with Gasteiger partial charge in [-0.3, -0.25) is 14.8 Å². The molecule has 3 fully saturated rings. The average Bonchev–Trinajstić information content (AvgIpc) is 3.55. The Morgan fingerprint density at radius 3 is 2.53 bits per heavy atom. The van der Waals surface area contributed by atoms with Crippen LogP contribution in [0.1, 0.15) is 53.3 Å². The second kappa shape index (κ2) is 8.42. The highest BCUT2D eigenvalue weighted by Crippen LogP contribution is 2.39. The number of anilines is 1. The third kappa shape index (κ3) is 4.48. The summed E-state index contributed by atoms with van der Waals surface area (Å²) >= 11 is 0. The number of benzene rings is 1. The standard InChI is InChI=1S/C23H28F3N5O/c24-23(25,26)17-3-1-4-18(13-17)29-9-11-30(12-10-29)19-5-2-8-31(15-19)22(32)21-14-20(27-28-21)16-6-7-16/h1,3-4,13-14,16,19H,2,5-12,15H2,(H,27,28). The number of amides is 1. The molecular weight excluding hydrogens is 419 g/mol. The van der Waals surface area contributed by atoms with Gasteiger partial charge in [0.05, 0.1) is 5.56 Å². The van der Waals surface area contributed by atoms with Gasteiger partial charge in [-0.1, -0.05) is 6.07 Å². The lowest BCUT2D eigenvalue weighted by Gasteiger charge is -2.43. The molecule has 1 aromatic heterocycles. The minimum atomic E-state index is -4.33. The monoisotopic (exact) mass is 447 g/mol. The Kier molecular flexibility index (Phi) is 5.61. The Morgan fingerprint density at radius 2 is 1.81 bits per heavy atom. The molecule has 172 valence electrons. The summed E-state index contributed by atoms with van der Waals surface area (Å²) in [5, 5.41) is 7.25. The summed E-state index contributed by atoms with van der Waals surface area (Å²) in [6.45, 7) is 4.32. The van der Waals surface area contributed by atoms with Crippen molar-refractivity contribution < 1.29 is 18.0 Å². The zero-order chi connectivity index (χ0) is 22.3. The van der Waals surface area contributed by atoms with Crippen molar-refractivity contribution in [3.8, 4) is 0 Å². The van der Waals surface area contributed by atoms with Crippen LogP contribution in [-0.4, -0.2) is 71.2 Å². The first-order chi connectivity index (χ1) is 15.4. The van der Waals surface area contributed by atoms with Gasteiger partial charge in [0.1, 0.15) is 5.69 Å². The van der Waals surface area contributed by atoms with E-state index in [9.17, 15) is 18.0 Å². The molecule has 2 saturated heterocycles. The molecular formula is C23H28F3N5O. The molecule has 0 radical (unpaired) electrons. The fourth-order valence-corrected chi connectivity index (χ4v) is 4.87. The summed E-state index contributed by atoms with van der Waals surface area (Å²) in [5.41, 5.74) is 1.57. The van der Waals surface area contributed by atoms with Gasteiger partial charge in [-0.2, -0.15) is 18.3 Å². The third-order valence-electron chi connectivity index (χ3n) is 6.89. The van der Waals surface area contributed by atoms with Crippen molar-refractivity contribution in [3.05, 3.63) is 47.3 Å². The number of alkyl halides is 3. The lowest BCUT2D eigenvalue weighted by atomic mass is 10.0. The zero-order valence-electron chi connectivity index (χ0n) is 17.9. The van der Waals surface area contributed by atoms with Crippen molar-refractivity contribution in [1.82, 2.24) is 20.0 Å². The van der Waals surface area contributed by atoms with Crippen molar-refractivity contribution in [2.24, 2.45) is 0 Å². The summed E-state index contributed by atoms with van der Waals surface area (Å²) in [6.07, 6.45) is -0.0305. The number of H-pyrrole nitrogens is 1. The van der Waals surface area contributed by atoms with Crippen LogP contribution in [0.15, 0.2) is 30.3 Å². The minimum absolute atomic E-state index is 0.0135. The predicted octanol–water partition coefficient (Wildman–Crippen LogP) is 3.73. The van der Waals surface area contributed by atoms with E-state index in [4.69, 9.17) is 0 Å². The van der Waals surface area contributed by atoms with E-state index in [1.165, 1.54) is 12.1 Å². The van der Waals surface area contributed by atoms with Gasteiger partial charge >= 0.3 is 6.18 Å². The van der Waals surface area contributed by atoms with Gasteiger partial charge in [0.25, 0.3) is 5.91 Å². The summed E-state index contributed by atoms with van der Waals surface area (Å²) < 4.78 is 39.1. The first-order valence-corrected chi connectivity index (χ1v) is 11.4. The Labute approximate surface area is 185 Å². The second-order valence-electron chi connectivity index (χ2n) is 9.10. The fraction of sp³-hybridized carbons (Fsp3) is 0.565. The van der Waals surface area contributed by atoms with Crippen LogP contribution in [0.25, 0.3) is 0 Å². The van der Waals surface area contributed by atoms with Crippen molar-refractivity contribution in [2.45, 2.75) is 43.8 Å². The lowest BCUT2D eigenvalue weighted by Crippen LogP contribution is -2.56. The molecule has 5 rings (SSSR count). The van der Waals surface area contributed by atoms with E-state index in [-0.39, 0.29) is 11.9 Å². The molecule has 1 aromatic carbocycles. The Balaban J connectivity index is 1.18. The summed E-state index contributed by atoms with van der Waals surface area (Å²) in [4.78, 5) is 19.3. The Bertz CT molecular complexity index is 963. The van der Waals surface area contributed by atoms with E-state index in [0.29, 0.717) is 36.9 Å². The molecule has 3 aliphatic rings. The molecule has 1 saturated carbocycles. The van der Waals surface area contributed by atoms with Crippen LogP contribution in [0.4, 0.5) is 18.9 Å². The van der Waals surface area contributed by atoms with Crippen LogP contribution in [0.5, 0.6) is 0 Å². The summed E-state index contributed by atoms with van der Waals surface area (Å²) in [6, 6.07) is 7.73. The maximum Gasteiger partial charge on any atom is 0.416 e. The SMILES string of the molecule is O=C(c1cc(C2CC2)[nH]n1)N1CCCC(N2CCN(c3cccc(C(F)(F)F)c3)CC2)C1. The zero-order valence-corrected chi connectivity index (χ0v) is 17.9. The highest BCUT2D eigenvalue weighted by Gasteiger charge is 2.34. The highest BCUT2D eigenvalue weighted by molar-refractivity contribution is 5.92. The minimum Gasteiger partial charge on any atom is -0.369 e. The van der Waals surface area contributed by atoms with Crippen LogP contribution in [0.3, 0.4) is 0 Å². The number of carbonyl (C=O) groups is 1. The highest BCUT2D eigenvalue weighted by atomic mass is 19.4. The first-order valence-electron chi connectivity index (χ1n) is 11.4. The van der Waals surface area contributed by atoms with Gasteiger partial charge in [-0.25, -0.2) is 0 Å². The van der Waals surface area contributed by atoms with Crippen LogP contribution < -0.4 is 4.90 Å². The van der Waals surface area contributed by atoms with Gasteiger partial charge < -0.3 is 9.80 Å². The number of piperazine rings is 1. The topological polar surface area (TPSA) is 55.5 Å². The number of hydrogen-bond donors (Lipinski definition) is 1. The number of piperidine rings is 1. The Morgan fingerprint density at radius 1 is 1.03 bits per heavy atom. The predicted molar refractivity (Wildman–Crippen MR) is 115 cm³/mol. The molecule has 2 aromatic rings. The largest absolute Gasteiger partial charge is 0.416 e. The molecule has 1 aliphatic carbocycles. The molecule has 0 bridgehead atoms. The normalized spacial score (nSPS) is 22.9. The second-order valence-corrected chi connectivity index (χ2v) is 9.10. The summed E-state index contributed by atoms with van der Waals surface area (Å²) in [5.74, 6) is 0.520. The smallest absolute Gasteiger partial charge is 0.369 e. The van der Waals surface area contributed by atoms with Crippen LogP contribution in [0.2, 0.25) is 0 Å². The van der Waals surface area contributed by atoms with Gasteiger partial charge in [-0.15, -0.1) is 0 Å². The molecule has 2 aliphatic heterocycles. The fourth-order valence-electron chi connectivity index (χ4n) is 4.87. The number of aromatic amines is 1. The molecule has 1 unspecified atom stereocenters. The average molecular weight is 448 g/mol. The van der Waals surface area contributed by atoms with Gasteiger partial charge in [0.15, 0.2) is 0 Å². The lowest BCUT2D eigenvalue weighted by molar-refractivity contribution is -0.137. The van der Waals surface area contributed by atoms with Crippen molar-refractivity contribution >= 4 is 11.6 Å². The molecule has 9 heteroatoms. The Hall–Kier alpha value is -2.55. The number of nitrogens with one attached hydrogen (secondary N) is 1. The van der Waals surface area contributed by atoms with E-state index in [1.807, 2.05) is 15.9 Å². The quantitative estimate of drug-likeness (QED) is 0.776. The van der Waals surface area contributed by atoms with Crippen LogP contribution in [0, 0.1) is 0 Å². The maximum absolute atomic E-state index is 13.0. The van der Waals surface area contributed by atoms with Crippen LogP contribution >= 0.6 is 0 Å². The van der Waals surface area contributed by atoms with E-state index >= 15 is 0 Å². The van der Waals surface area contributed by atoms with E-state index in [0.717, 1.165) is 57.1 Å². The third-order valence-corrected chi connectivity index (χ3v) is 6.89. The molecule has 32 heavy (non-hydrogen) atoms. The number of rotatable bonds is 4. The molecule has 1 atom stereocenters. The van der Waals surface area contributed by atoms with Gasteiger partial charge in [-0.05, 0) is 49.9 Å². The molecule has 1 amide bonds. The number of nitrogens with zero attached hydrogens (tertiary/aromatic N) is 4. The number of aromatic nitrogens is 2. The summed E-state index contributed by atoms with van der Waals surface area (Å²) in [7, 11) is 0. The molecule has 0 spiro atoms. The van der Waals surface area contributed by atoms with E-state index in [2.05, 4.69) is 15.1 Å². The van der Waals surface area contributed by atoms with E-state index in [1.54, 1.807) is 6.07 Å². The first kappa shape index (κ1) is 21.3. The number of carbonyl (C=O) groups excluding carboxylic acids is 1. The van der Waals surface area contributed by atoms with Crippen molar-refractivity contribution in [1.29, 1.82) is 0 Å². The number of halogens is 3. The molecule has 6 nitrogen and oxygen atoms in total. The molecule has 1 N–H and O–H groups in total. The van der Waals surface area contributed by atoms with Gasteiger partial charge in [0, 0.05) is 62.6 Å². The van der Waals surface area contributed by atoms with Crippen molar-refractivity contribution in [2.75, 3.05) is 44.2 Å². The van der Waals surface area contributed by atoms with Crippen molar-refractivity contribution in [3.63, 3.8) is 0 Å². The van der Waals surface area contributed by atoms with Gasteiger partial charge in [0.2, 0.25) is 0 Å². The number of likely N-dealkylation sites (tertiary alicyclic amines) is 1. The molecule has 3 heterocycles. The van der Waals surface area contributed by atoms with Crippen LogP contribution in [-0.2, 0) is 6.18 Å². The number of hydrogen-bond acceptors (Lipinski definition) is 4. The van der Waals surface area contributed by atoms with E-state index < -0.39 is 11.7 Å².